The van der Waals surface area contributed by atoms with Crippen LogP contribution in [0, 0.1) is 23.2 Å². The second-order valence-electron chi connectivity index (χ2n) is 7.95. The van der Waals surface area contributed by atoms with Crippen LogP contribution in [-0.4, -0.2) is 48.5 Å². The van der Waals surface area contributed by atoms with Gasteiger partial charge in [-0.05, 0) is 31.0 Å². The van der Waals surface area contributed by atoms with Crippen LogP contribution in [-0.2, 0) is 9.59 Å². The summed E-state index contributed by atoms with van der Waals surface area (Å²) in [4.78, 5) is 40.0. The van der Waals surface area contributed by atoms with Gasteiger partial charge in [0.15, 0.2) is 5.78 Å². The molecule has 11 heteroatoms. The molecule has 0 aliphatic carbocycles. The third-order valence-electron chi connectivity index (χ3n) is 5.58. The number of fused-ring (bicyclic) bond motifs is 1. The standard InChI is InChI=1S/C22H23F3N4O4/c1-33-19-4-2-3-16-15(19)9-17(29-16)18(30)8-13(10-22(23,24)25)21(32)28-14(11-26)7-12-5-6-27-20(12)31/h2-4,9,12-14,29H,5-8,10H2,1H3,(H,27,31)(H,28,32). The van der Waals surface area contributed by atoms with E-state index in [1.54, 1.807) is 18.2 Å². The molecule has 3 atom stereocenters. The van der Waals surface area contributed by atoms with Gasteiger partial charge in [-0.2, -0.15) is 18.4 Å². The highest BCUT2D eigenvalue weighted by Gasteiger charge is 2.38. The van der Waals surface area contributed by atoms with Crippen molar-refractivity contribution in [2.75, 3.05) is 13.7 Å². The Balaban J connectivity index is 1.74. The number of methoxy groups -OCH3 is 1. The summed E-state index contributed by atoms with van der Waals surface area (Å²) < 4.78 is 44.7. The first-order valence-corrected chi connectivity index (χ1v) is 10.3. The lowest BCUT2D eigenvalue weighted by Crippen LogP contribution is -2.41. The number of ketones is 1. The van der Waals surface area contributed by atoms with E-state index in [2.05, 4.69) is 15.6 Å². The molecule has 33 heavy (non-hydrogen) atoms. The summed E-state index contributed by atoms with van der Waals surface area (Å²) in [5.74, 6) is -3.74. The Morgan fingerprint density at radius 3 is 2.73 bits per heavy atom. The number of carbonyl (C=O) groups excluding carboxylic acids is 3. The molecular formula is C22H23F3N4O4. The molecule has 176 valence electrons. The highest BCUT2D eigenvalue weighted by molar-refractivity contribution is 6.02. The molecule has 0 bridgehead atoms. The molecule has 0 radical (unpaired) electrons. The van der Waals surface area contributed by atoms with Crippen molar-refractivity contribution < 1.29 is 32.3 Å². The first-order chi connectivity index (χ1) is 15.6. The summed E-state index contributed by atoms with van der Waals surface area (Å²) in [5.41, 5.74) is 0.614. The number of Topliss-reactive ketones (excluding diaryl/α,β-unsaturated/α-hetero) is 1. The number of alkyl halides is 3. The lowest BCUT2D eigenvalue weighted by Gasteiger charge is -2.20. The van der Waals surface area contributed by atoms with Crippen LogP contribution in [0.5, 0.6) is 5.75 Å². The number of aromatic nitrogens is 1. The number of benzene rings is 1. The molecule has 0 spiro atoms. The van der Waals surface area contributed by atoms with Crippen molar-refractivity contribution in [3.05, 3.63) is 30.0 Å². The van der Waals surface area contributed by atoms with Crippen molar-refractivity contribution in [2.24, 2.45) is 11.8 Å². The summed E-state index contributed by atoms with van der Waals surface area (Å²) in [5, 5.41) is 14.8. The maximum Gasteiger partial charge on any atom is 0.389 e. The van der Waals surface area contributed by atoms with Gasteiger partial charge in [0.05, 0.1) is 31.2 Å². The molecule has 1 saturated heterocycles. The van der Waals surface area contributed by atoms with E-state index >= 15 is 0 Å². The van der Waals surface area contributed by atoms with Crippen molar-refractivity contribution in [2.45, 2.75) is 37.9 Å². The average Bonchev–Trinajstić information content (AvgIpc) is 3.37. The molecule has 1 aliphatic rings. The summed E-state index contributed by atoms with van der Waals surface area (Å²) in [6.45, 7) is 0.441. The van der Waals surface area contributed by atoms with Gasteiger partial charge in [-0.15, -0.1) is 0 Å². The zero-order valence-electron chi connectivity index (χ0n) is 17.8. The number of nitrogens with one attached hydrogen (secondary N) is 3. The predicted molar refractivity (Wildman–Crippen MR) is 111 cm³/mol. The molecule has 3 rings (SSSR count). The van der Waals surface area contributed by atoms with E-state index in [0.29, 0.717) is 29.6 Å². The normalized spacial score (nSPS) is 17.8. The lowest BCUT2D eigenvalue weighted by atomic mass is 9.94. The number of hydrogen-bond donors (Lipinski definition) is 3. The Kier molecular flexibility index (Phi) is 7.26. The summed E-state index contributed by atoms with van der Waals surface area (Å²) in [7, 11) is 1.45. The predicted octanol–water partition coefficient (Wildman–Crippen LogP) is 2.85. The second kappa shape index (κ2) is 9.94. The van der Waals surface area contributed by atoms with E-state index in [0.717, 1.165) is 0 Å². The summed E-state index contributed by atoms with van der Waals surface area (Å²) in [6.07, 6.45) is -6.46. The molecule has 3 N–H and O–H groups in total. The van der Waals surface area contributed by atoms with Crippen molar-refractivity contribution in [1.29, 1.82) is 5.26 Å². The van der Waals surface area contributed by atoms with E-state index in [4.69, 9.17) is 4.74 Å². The third kappa shape index (κ3) is 6.03. The molecular weight excluding hydrogens is 441 g/mol. The fraction of sp³-hybridized carbons (Fsp3) is 0.455. The van der Waals surface area contributed by atoms with Gasteiger partial charge in [-0.25, -0.2) is 0 Å². The van der Waals surface area contributed by atoms with Crippen LogP contribution >= 0.6 is 0 Å². The molecule has 2 heterocycles. The Bertz CT molecular complexity index is 1090. The SMILES string of the molecule is COc1cccc2[nH]c(C(=O)CC(CC(F)(F)F)C(=O)NC(C#N)CC3CCNC3=O)cc12. The van der Waals surface area contributed by atoms with Gasteiger partial charge in [0.2, 0.25) is 11.8 Å². The van der Waals surface area contributed by atoms with Gasteiger partial charge < -0.3 is 20.4 Å². The first-order valence-electron chi connectivity index (χ1n) is 10.3. The monoisotopic (exact) mass is 464 g/mol. The fourth-order valence-electron chi connectivity index (χ4n) is 3.91. The number of nitriles is 1. The molecule has 2 amide bonds. The van der Waals surface area contributed by atoms with Gasteiger partial charge >= 0.3 is 6.18 Å². The fourth-order valence-corrected chi connectivity index (χ4v) is 3.91. The van der Waals surface area contributed by atoms with Crippen molar-refractivity contribution in [3.63, 3.8) is 0 Å². The number of nitrogens with zero attached hydrogens (tertiary/aromatic N) is 1. The van der Waals surface area contributed by atoms with Gasteiger partial charge in [-0.1, -0.05) is 6.07 Å². The van der Waals surface area contributed by atoms with Crippen molar-refractivity contribution in [3.8, 4) is 11.8 Å². The van der Waals surface area contributed by atoms with E-state index in [-0.39, 0.29) is 18.0 Å². The number of halogens is 3. The number of H-pyrrole nitrogens is 1. The number of ether oxygens (including phenoxy) is 1. The van der Waals surface area contributed by atoms with Crippen LogP contribution in [0.25, 0.3) is 10.9 Å². The molecule has 0 saturated carbocycles. The molecule has 1 aromatic heterocycles. The number of amides is 2. The van der Waals surface area contributed by atoms with Crippen LogP contribution in [0.1, 0.15) is 36.2 Å². The smallest absolute Gasteiger partial charge is 0.389 e. The van der Waals surface area contributed by atoms with Crippen LogP contribution in [0.4, 0.5) is 13.2 Å². The van der Waals surface area contributed by atoms with E-state index in [1.807, 2.05) is 6.07 Å². The molecule has 1 fully saturated rings. The van der Waals surface area contributed by atoms with Crippen LogP contribution in [0.3, 0.4) is 0 Å². The minimum atomic E-state index is -4.70. The number of aromatic amines is 1. The first kappa shape index (κ1) is 24.1. The van der Waals surface area contributed by atoms with Gasteiger partial charge in [0.25, 0.3) is 0 Å². The minimum Gasteiger partial charge on any atom is -0.496 e. The second-order valence-corrected chi connectivity index (χ2v) is 7.95. The maximum absolute atomic E-state index is 13.1. The van der Waals surface area contributed by atoms with Crippen LogP contribution in [0.2, 0.25) is 0 Å². The Labute approximate surface area is 187 Å². The number of rotatable bonds is 9. The minimum absolute atomic E-state index is 0.0113. The van der Waals surface area contributed by atoms with Crippen molar-refractivity contribution >= 4 is 28.5 Å². The Morgan fingerprint density at radius 2 is 2.12 bits per heavy atom. The molecule has 1 aromatic carbocycles. The number of hydrogen-bond acceptors (Lipinski definition) is 5. The number of carbonyl (C=O) groups is 3. The molecule has 1 aliphatic heterocycles. The maximum atomic E-state index is 13.1. The highest BCUT2D eigenvalue weighted by atomic mass is 19.4. The molecule has 2 aromatic rings. The average molecular weight is 464 g/mol. The third-order valence-corrected chi connectivity index (χ3v) is 5.58. The van der Waals surface area contributed by atoms with Crippen LogP contribution in [0.15, 0.2) is 24.3 Å². The zero-order chi connectivity index (χ0) is 24.2. The summed E-state index contributed by atoms with van der Waals surface area (Å²) >= 11 is 0. The van der Waals surface area contributed by atoms with Crippen LogP contribution < -0.4 is 15.4 Å². The molecule has 3 unspecified atom stereocenters. The molecule has 8 nitrogen and oxygen atoms in total. The van der Waals surface area contributed by atoms with Gasteiger partial charge in [-0.3, -0.25) is 14.4 Å². The van der Waals surface area contributed by atoms with Gasteiger partial charge in [0.1, 0.15) is 11.8 Å². The van der Waals surface area contributed by atoms with Crippen molar-refractivity contribution in [1.82, 2.24) is 15.6 Å². The highest BCUT2D eigenvalue weighted by Crippen LogP contribution is 2.30. The topological polar surface area (TPSA) is 124 Å². The largest absolute Gasteiger partial charge is 0.496 e. The van der Waals surface area contributed by atoms with E-state index in [1.165, 1.54) is 13.2 Å². The Morgan fingerprint density at radius 1 is 1.36 bits per heavy atom. The summed E-state index contributed by atoms with van der Waals surface area (Å²) in [6, 6.07) is 7.20. The quantitative estimate of drug-likeness (QED) is 0.493. The Hall–Kier alpha value is -3.55. The van der Waals surface area contributed by atoms with E-state index < -0.39 is 48.6 Å². The zero-order valence-corrected chi connectivity index (χ0v) is 17.8. The van der Waals surface area contributed by atoms with E-state index in [9.17, 15) is 32.8 Å². The lowest BCUT2D eigenvalue weighted by molar-refractivity contribution is -0.154. The van der Waals surface area contributed by atoms with Gasteiger partial charge in [0, 0.05) is 29.8 Å².